The van der Waals surface area contributed by atoms with Crippen LogP contribution in [0.5, 0.6) is 0 Å². The Morgan fingerprint density at radius 3 is 2.33 bits per heavy atom. The summed E-state index contributed by atoms with van der Waals surface area (Å²) < 4.78 is 0. The third kappa shape index (κ3) is 3.74. The summed E-state index contributed by atoms with van der Waals surface area (Å²) in [5.74, 6) is -2.08. The molecule has 0 aromatic rings. The van der Waals surface area contributed by atoms with Crippen LogP contribution in [0.2, 0.25) is 0 Å². The lowest BCUT2D eigenvalue weighted by atomic mass is 9.75. The van der Waals surface area contributed by atoms with Gasteiger partial charge in [-0.1, -0.05) is 13.8 Å². The zero-order chi connectivity index (χ0) is 16.4. The van der Waals surface area contributed by atoms with E-state index in [-0.39, 0.29) is 30.2 Å². The van der Waals surface area contributed by atoms with Crippen molar-refractivity contribution in [1.29, 1.82) is 0 Å². The minimum Gasteiger partial charge on any atom is -0.481 e. The molecular formula is C15H26N2O4. The molecular weight excluding hydrogens is 272 g/mol. The number of nitrogens with two attached hydrogens (primary N) is 1. The van der Waals surface area contributed by atoms with Gasteiger partial charge in [-0.3, -0.25) is 14.4 Å². The number of primary amides is 1. The Bertz CT molecular complexity index is 435. The van der Waals surface area contributed by atoms with Gasteiger partial charge in [0.25, 0.3) is 0 Å². The molecule has 1 fully saturated rings. The van der Waals surface area contributed by atoms with Crippen molar-refractivity contribution in [2.24, 2.45) is 23.0 Å². The Hall–Kier alpha value is -1.59. The molecule has 120 valence electrons. The van der Waals surface area contributed by atoms with E-state index in [0.717, 1.165) is 0 Å². The highest BCUT2D eigenvalue weighted by Crippen LogP contribution is 2.33. The number of aliphatic carboxylic acids is 1. The molecule has 1 saturated heterocycles. The summed E-state index contributed by atoms with van der Waals surface area (Å²) in [4.78, 5) is 36.9. The molecule has 1 heterocycles. The van der Waals surface area contributed by atoms with Crippen LogP contribution in [-0.2, 0) is 14.4 Å². The highest BCUT2D eigenvalue weighted by atomic mass is 16.4. The van der Waals surface area contributed by atoms with Crippen LogP contribution >= 0.6 is 0 Å². The minimum absolute atomic E-state index is 0.0123. The first-order chi connectivity index (χ1) is 9.59. The molecule has 1 rings (SSSR count). The standard InChI is InChI=1S/C15H26N2O4/c1-9(2)15(4,14(20)21)7-12(18)17-8-11(13(16)19)6-5-10(17)3/h9-11H,5-8H2,1-4H3,(H2,16,19)(H,20,21). The highest BCUT2D eigenvalue weighted by molar-refractivity contribution is 5.86. The Labute approximate surface area is 125 Å². The van der Waals surface area contributed by atoms with E-state index < -0.39 is 17.3 Å². The number of hydrogen-bond acceptors (Lipinski definition) is 3. The van der Waals surface area contributed by atoms with E-state index in [0.29, 0.717) is 19.4 Å². The number of likely N-dealkylation sites (tertiary alicyclic amines) is 1. The normalized spacial score (nSPS) is 25.5. The molecule has 3 unspecified atom stereocenters. The van der Waals surface area contributed by atoms with Crippen LogP contribution in [0, 0.1) is 17.3 Å². The monoisotopic (exact) mass is 298 g/mol. The number of carbonyl (C=O) groups excluding carboxylic acids is 2. The van der Waals surface area contributed by atoms with Gasteiger partial charge < -0.3 is 15.7 Å². The van der Waals surface area contributed by atoms with Crippen molar-refractivity contribution in [3.63, 3.8) is 0 Å². The second-order valence-electron chi connectivity index (χ2n) is 6.63. The number of amides is 2. The van der Waals surface area contributed by atoms with Crippen LogP contribution in [0.3, 0.4) is 0 Å². The number of nitrogens with zero attached hydrogens (tertiary/aromatic N) is 1. The molecule has 0 aliphatic carbocycles. The minimum atomic E-state index is -1.10. The maximum Gasteiger partial charge on any atom is 0.310 e. The van der Waals surface area contributed by atoms with Crippen molar-refractivity contribution < 1.29 is 19.5 Å². The van der Waals surface area contributed by atoms with Gasteiger partial charge in [0.1, 0.15) is 0 Å². The summed E-state index contributed by atoms with van der Waals surface area (Å²) in [7, 11) is 0. The molecule has 0 saturated carbocycles. The first kappa shape index (κ1) is 17.5. The third-order valence-corrected chi connectivity index (χ3v) is 4.89. The van der Waals surface area contributed by atoms with Gasteiger partial charge in [-0.05, 0) is 32.6 Å². The van der Waals surface area contributed by atoms with E-state index in [2.05, 4.69) is 0 Å². The quantitative estimate of drug-likeness (QED) is 0.797. The average Bonchev–Trinajstić information content (AvgIpc) is 2.37. The molecule has 21 heavy (non-hydrogen) atoms. The first-order valence-electron chi connectivity index (χ1n) is 7.41. The Balaban J connectivity index is 2.86. The van der Waals surface area contributed by atoms with Gasteiger partial charge in [0, 0.05) is 19.0 Å². The predicted molar refractivity (Wildman–Crippen MR) is 78.3 cm³/mol. The van der Waals surface area contributed by atoms with Gasteiger partial charge in [-0.25, -0.2) is 0 Å². The molecule has 1 aliphatic heterocycles. The van der Waals surface area contributed by atoms with Crippen molar-refractivity contribution in [2.45, 2.75) is 53.0 Å². The number of hydrogen-bond donors (Lipinski definition) is 2. The van der Waals surface area contributed by atoms with Crippen molar-refractivity contribution in [3.8, 4) is 0 Å². The summed E-state index contributed by atoms with van der Waals surface area (Å²) >= 11 is 0. The van der Waals surface area contributed by atoms with Crippen molar-refractivity contribution in [1.82, 2.24) is 4.90 Å². The fourth-order valence-corrected chi connectivity index (χ4v) is 2.63. The Morgan fingerprint density at radius 2 is 1.90 bits per heavy atom. The van der Waals surface area contributed by atoms with Crippen LogP contribution in [0.1, 0.15) is 47.0 Å². The predicted octanol–water partition coefficient (Wildman–Crippen LogP) is 1.24. The molecule has 6 heteroatoms. The maximum atomic E-state index is 12.5. The third-order valence-electron chi connectivity index (χ3n) is 4.89. The summed E-state index contributed by atoms with van der Waals surface area (Å²) in [6, 6.07) is 0.0123. The van der Waals surface area contributed by atoms with Gasteiger partial charge in [0.2, 0.25) is 11.8 Å². The van der Waals surface area contributed by atoms with Gasteiger partial charge in [-0.2, -0.15) is 0 Å². The lowest BCUT2D eigenvalue weighted by Gasteiger charge is -2.39. The summed E-state index contributed by atoms with van der Waals surface area (Å²) in [6.45, 7) is 7.41. The van der Waals surface area contributed by atoms with E-state index >= 15 is 0 Å². The van der Waals surface area contributed by atoms with Gasteiger partial charge in [-0.15, -0.1) is 0 Å². The van der Waals surface area contributed by atoms with E-state index in [1.165, 1.54) is 0 Å². The van der Waals surface area contributed by atoms with Crippen LogP contribution in [0.4, 0.5) is 0 Å². The second kappa shape index (κ2) is 6.45. The molecule has 1 aliphatic rings. The highest BCUT2D eigenvalue weighted by Gasteiger charge is 2.41. The zero-order valence-electron chi connectivity index (χ0n) is 13.3. The molecule has 0 radical (unpaired) electrons. The molecule has 0 spiro atoms. The molecule has 3 N–H and O–H groups in total. The number of rotatable bonds is 5. The largest absolute Gasteiger partial charge is 0.481 e. The smallest absolute Gasteiger partial charge is 0.310 e. The fraction of sp³-hybridized carbons (Fsp3) is 0.800. The number of carboxylic acid groups (broad SMARTS) is 1. The van der Waals surface area contributed by atoms with Crippen LogP contribution in [0.25, 0.3) is 0 Å². The van der Waals surface area contributed by atoms with Crippen molar-refractivity contribution >= 4 is 17.8 Å². The zero-order valence-corrected chi connectivity index (χ0v) is 13.3. The lowest BCUT2D eigenvalue weighted by molar-refractivity contribution is -0.157. The topological polar surface area (TPSA) is 101 Å². The molecule has 3 atom stereocenters. The molecule has 0 aromatic carbocycles. The van der Waals surface area contributed by atoms with Gasteiger partial charge in [0.05, 0.1) is 11.3 Å². The first-order valence-corrected chi connectivity index (χ1v) is 7.41. The van der Waals surface area contributed by atoms with Crippen LogP contribution < -0.4 is 5.73 Å². The van der Waals surface area contributed by atoms with Crippen LogP contribution in [0.15, 0.2) is 0 Å². The van der Waals surface area contributed by atoms with Crippen molar-refractivity contribution in [2.75, 3.05) is 6.54 Å². The molecule has 0 bridgehead atoms. The van der Waals surface area contributed by atoms with Gasteiger partial charge in [0.15, 0.2) is 0 Å². The second-order valence-corrected chi connectivity index (χ2v) is 6.63. The summed E-state index contributed by atoms with van der Waals surface area (Å²) in [6.07, 6.45) is 1.33. The molecule has 0 aromatic heterocycles. The fourth-order valence-electron chi connectivity index (χ4n) is 2.63. The van der Waals surface area contributed by atoms with Crippen molar-refractivity contribution in [3.05, 3.63) is 0 Å². The molecule has 2 amide bonds. The van der Waals surface area contributed by atoms with E-state index in [1.807, 2.05) is 6.92 Å². The SMILES string of the molecule is CC1CCC(C(N)=O)CN1C(=O)CC(C)(C(=O)O)C(C)C. The summed E-state index contributed by atoms with van der Waals surface area (Å²) in [5, 5.41) is 9.41. The summed E-state index contributed by atoms with van der Waals surface area (Å²) in [5.41, 5.74) is 4.23. The Morgan fingerprint density at radius 1 is 1.33 bits per heavy atom. The van der Waals surface area contributed by atoms with E-state index in [4.69, 9.17) is 5.73 Å². The number of carbonyl (C=O) groups is 3. The number of piperidine rings is 1. The van der Waals surface area contributed by atoms with Crippen LogP contribution in [-0.4, -0.2) is 40.4 Å². The molecule has 6 nitrogen and oxygen atoms in total. The van der Waals surface area contributed by atoms with E-state index in [1.54, 1.807) is 25.7 Å². The number of carboxylic acids is 1. The van der Waals surface area contributed by atoms with Gasteiger partial charge >= 0.3 is 5.97 Å². The average molecular weight is 298 g/mol. The maximum absolute atomic E-state index is 12.5. The van der Waals surface area contributed by atoms with E-state index in [9.17, 15) is 19.5 Å². The Kier molecular flexibility index (Phi) is 5.36. The lowest BCUT2D eigenvalue weighted by Crippen LogP contribution is -2.50.